The Kier molecular flexibility index (Phi) is 6.61. The maximum Gasteiger partial charge on any atom is 0.120 e. The van der Waals surface area contributed by atoms with Gasteiger partial charge in [0.2, 0.25) is 0 Å². The normalized spacial score (nSPS) is 28.7. The number of nitrogens with one attached hydrogen (secondary N) is 1. The molecule has 5 heteroatoms. The van der Waals surface area contributed by atoms with Crippen LogP contribution >= 0.6 is 12.4 Å². The van der Waals surface area contributed by atoms with Gasteiger partial charge >= 0.3 is 0 Å². The van der Waals surface area contributed by atoms with E-state index in [1.54, 1.807) is 0 Å². The molecule has 2 saturated heterocycles. The van der Waals surface area contributed by atoms with Crippen molar-refractivity contribution in [1.29, 1.82) is 0 Å². The summed E-state index contributed by atoms with van der Waals surface area (Å²) in [6.45, 7) is 6.07. The first-order chi connectivity index (χ1) is 7.38. The lowest BCUT2D eigenvalue weighted by atomic mass is 9.99. The maximum absolute atomic E-state index is 5.57. The van der Waals surface area contributed by atoms with Crippen LogP contribution in [0.5, 0.6) is 0 Å². The molecule has 96 valence electrons. The highest BCUT2D eigenvalue weighted by molar-refractivity contribution is 5.85. The van der Waals surface area contributed by atoms with Gasteiger partial charge in [-0.15, -0.1) is 12.4 Å². The summed E-state index contributed by atoms with van der Waals surface area (Å²) in [5.41, 5.74) is 0. The molecule has 0 radical (unpaired) electrons. The lowest BCUT2D eigenvalue weighted by molar-refractivity contribution is -0.0510. The number of hydrogen-bond donors (Lipinski definition) is 1. The zero-order chi connectivity index (χ0) is 10.5. The largest absolute Gasteiger partial charge is 0.381 e. The van der Waals surface area contributed by atoms with E-state index in [-0.39, 0.29) is 18.6 Å². The summed E-state index contributed by atoms with van der Waals surface area (Å²) >= 11 is 0. The smallest absolute Gasteiger partial charge is 0.120 e. The van der Waals surface area contributed by atoms with Crippen LogP contribution < -0.4 is 5.32 Å². The molecule has 2 fully saturated rings. The van der Waals surface area contributed by atoms with E-state index in [0.29, 0.717) is 0 Å². The Morgan fingerprint density at radius 3 is 2.69 bits per heavy atom. The summed E-state index contributed by atoms with van der Waals surface area (Å²) in [6.07, 6.45) is 2.67. The van der Waals surface area contributed by atoms with Gasteiger partial charge in [-0.2, -0.15) is 0 Å². The van der Waals surface area contributed by atoms with Gasteiger partial charge in [-0.25, -0.2) is 0 Å². The Bertz CT molecular complexity index is 189. The van der Waals surface area contributed by atoms with E-state index < -0.39 is 0 Å². The van der Waals surface area contributed by atoms with E-state index in [0.717, 1.165) is 38.8 Å². The summed E-state index contributed by atoms with van der Waals surface area (Å²) in [5.74, 6) is 0.828. The Morgan fingerprint density at radius 1 is 1.25 bits per heavy atom. The van der Waals surface area contributed by atoms with Gasteiger partial charge in [0.1, 0.15) is 6.23 Å². The molecule has 0 saturated carbocycles. The molecule has 0 spiro atoms. The summed E-state index contributed by atoms with van der Waals surface area (Å²) in [4.78, 5) is 2.51. The topological polar surface area (TPSA) is 33.7 Å². The van der Waals surface area contributed by atoms with Crippen molar-refractivity contribution in [3.05, 3.63) is 0 Å². The summed E-state index contributed by atoms with van der Waals surface area (Å²) < 4.78 is 10.9. The second kappa shape index (κ2) is 7.45. The molecular formula is C11H23ClN2O2. The molecule has 2 heterocycles. The minimum Gasteiger partial charge on any atom is -0.381 e. The third kappa shape index (κ3) is 4.18. The van der Waals surface area contributed by atoms with Crippen LogP contribution in [-0.4, -0.2) is 57.6 Å². The van der Waals surface area contributed by atoms with Crippen molar-refractivity contribution < 1.29 is 9.47 Å². The zero-order valence-corrected chi connectivity index (χ0v) is 10.8. The van der Waals surface area contributed by atoms with Crippen LogP contribution in [0.4, 0.5) is 0 Å². The average molecular weight is 251 g/mol. The van der Waals surface area contributed by atoms with Gasteiger partial charge in [0.25, 0.3) is 0 Å². The minimum absolute atomic E-state index is 0. The van der Waals surface area contributed by atoms with Gasteiger partial charge in [0.05, 0.1) is 6.61 Å². The third-order valence-corrected chi connectivity index (χ3v) is 3.33. The number of rotatable bonds is 3. The Labute approximate surface area is 104 Å². The SMILES string of the molecule is CNC1CN(CC2CCOCC2)CCO1.Cl. The average Bonchev–Trinajstić information content (AvgIpc) is 2.31. The molecule has 4 nitrogen and oxygen atoms in total. The van der Waals surface area contributed by atoms with Crippen molar-refractivity contribution in [2.24, 2.45) is 5.92 Å². The molecule has 0 amide bonds. The summed E-state index contributed by atoms with van der Waals surface area (Å²) in [7, 11) is 1.96. The van der Waals surface area contributed by atoms with E-state index >= 15 is 0 Å². The van der Waals surface area contributed by atoms with Crippen LogP contribution in [0.2, 0.25) is 0 Å². The van der Waals surface area contributed by atoms with E-state index in [9.17, 15) is 0 Å². The number of hydrogen-bond acceptors (Lipinski definition) is 4. The van der Waals surface area contributed by atoms with Gasteiger partial charge < -0.3 is 9.47 Å². The fraction of sp³-hybridized carbons (Fsp3) is 1.00. The van der Waals surface area contributed by atoms with Crippen LogP contribution in [0.25, 0.3) is 0 Å². The molecule has 0 aromatic heterocycles. The molecule has 2 aliphatic rings. The van der Waals surface area contributed by atoms with Crippen molar-refractivity contribution >= 4 is 12.4 Å². The molecule has 1 unspecified atom stereocenters. The van der Waals surface area contributed by atoms with Crippen LogP contribution in [0.15, 0.2) is 0 Å². The molecule has 0 bridgehead atoms. The minimum atomic E-state index is 0. The van der Waals surface area contributed by atoms with E-state index in [4.69, 9.17) is 9.47 Å². The Balaban J connectivity index is 0.00000128. The van der Waals surface area contributed by atoms with Gasteiger partial charge in [-0.3, -0.25) is 10.2 Å². The van der Waals surface area contributed by atoms with Crippen molar-refractivity contribution in [3.8, 4) is 0 Å². The van der Waals surface area contributed by atoms with Gasteiger partial charge in [0, 0.05) is 32.8 Å². The highest BCUT2D eigenvalue weighted by Gasteiger charge is 2.22. The van der Waals surface area contributed by atoms with Crippen molar-refractivity contribution in [2.45, 2.75) is 19.1 Å². The van der Waals surface area contributed by atoms with Crippen molar-refractivity contribution in [1.82, 2.24) is 10.2 Å². The number of morpholine rings is 1. The number of ether oxygens (including phenoxy) is 2. The zero-order valence-electron chi connectivity index (χ0n) is 9.98. The standard InChI is InChI=1S/C11H22N2O2.ClH/c1-12-11-9-13(4-7-15-11)8-10-2-5-14-6-3-10;/h10-12H,2-9H2,1H3;1H. The third-order valence-electron chi connectivity index (χ3n) is 3.33. The monoisotopic (exact) mass is 250 g/mol. The first kappa shape index (κ1) is 14.2. The fourth-order valence-corrected chi connectivity index (χ4v) is 2.34. The highest BCUT2D eigenvalue weighted by Crippen LogP contribution is 2.17. The predicted octanol–water partition coefficient (Wildman–Crippen LogP) is 0.712. The lowest BCUT2D eigenvalue weighted by Gasteiger charge is -2.35. The first-order valence-electron chi connectivity index (χ1n) is 5.97. The fourth-order valence-electron chi connectivity index (χ4n) is 2.34. The van der Waals surface area contributed by atoms with Gasteiger partial charge in [-0.1, -0.05) is 0 Å². The molecule has 16 heavy (non-hydrogen) atoms. The quantitative estimate of drug-likeness (QED) is 0.800. The lowest BCUT2D eigenvalue weighted by Crippen LogP contribution is -2.49. The number of likely N-dealkylation sites (N-methyl/N-ethyl adjacent to an activating group) is 1. The summed E-state index contributed by atoms with van der Waals surface area (Å²) in [6, 6.07) is 0. The molecular weight excluding hydrogens is 228 g/mol. The molecule has 0 aliphatic carbocycles. The number of nitrogens with zero attached hydrogens (tertiary/aromatic N) is 1. The second-order valence-corrected chi connectivity index (χ2v) is 4.46. The second-order valence-electron chi connectivity index (χ2n) is 4.46. The van der Waals surface area contributed by atoms with E-state index in [2.05, 4.69) is 10.2 Å². The van der Waals surface area contributed by atoms with Crippen LogP contribution in [0, 0.1) is 5.92 Å². The molecule has 1 atom stereocenters. The Morgan fingerprint density at radius 2 is 2.00 bits per heavy atom. The van der Waals surface area contributed by atoms with Crippen LogP contribution in [0.3, 0.4) is 0 Å². The highest BCUT2D eigenvalue weighted by atomic mass is 35.5. The molecule has 2 aliphatic heterocycles. The van der Waals surface area contributed by atoms with E-state index in [1.165, 1.54) is 19.4 Å². The molecule has 1 N–H and O–H groups in total. The molecule has 0 aromatic carbocycles. The van der Waals surface area contributed by atoms with Gasteiger partial charge in [-0.05, 0) is 25.8 Å². The Hall–Kier alpha value is 0.130. The molecule has 0 aromatic rings. The predicted molar refractivity (Wildman–Crippen MR) is 66.0 cm³/mol. The van der Waals surface area contributed by atoms with Gasteiger partial charge in [0.15, 0.2) is 0 Å². The van der Waals surface area contributed by atoms with E-state index in [1.807, 2.05) is 7.05 Å². The summed E-state index contributed by atoms with van der Waals surface area (Å²) in [5, 5.41) is 3.18. The maximum atomic E-state index is 5.57. The van der Waals surface area contributed by atoms with Crippen LogP contribution in [0.1, 0.15) is 12.8 Å². The first-order valence-corrected chi connectivity index (χ1v) is 5.97. The van der Waals surface area contributed by atoms with Crippen molar-refractivity contribution in [2.75, 3.05) is 46.5 Å². The molecule has 2 rings (SSSR count). The van der Waals surface area contributed by atoms with Crippen molar-refractivity contribution in [3.63, 3.8) is 0 Å². The number of halogens is 1. The van der Waals surface area contributed by atoms with Crippen LogP contribution in [-0.2, 0) is 9.47 Å².